The Morgan fingerprint density at radius 3 is 2.26 bits per heavy atom. The summed E-state index contributed by atoms with van der Waals surface area (Å²) in [5.74, 6) is 0.0162. The number of halogens is 1. The Balaban J connectivity index is 0.000000401. The molecule has 2 saturated carbocycles. The number of aromatic nitrogens is 3. The van der Waals surface area contributed by atoms with E-state index in [4.69, 9.17) is 11.6 Å². The predicted molar refractivity (Wildman–Crippen MR) is 114 cm³/mol. The van der Waals surface area contributed by atoms with E-state index in [1.807, 2.05) is 64.0 Å². The molecule has 1 aromatic heterocycles. The van der Waals surface area contributed by atoms with E-state index < -0.39 is 11.7 Å². The molecule has 1 aliphatic heterocycles. The minimum Gasteiger partial charge on any atom is -0.305 e. The van der Waals surface area contributed by atoms with Gasteiger partial charge in [0.1, 0.15) is 0 Å². The van der Waals surface area contributed by atoms with Crippen molar-refractivity contribution in [2.75, 3.05) is 11.4 Å². The molecule has 2 heterocycles. The number of aryl methyl sites for hydroxylation is 1. The molecule has 0 spiro atoms. The van der Waals surface area contributed by atoms with Crippen molar-refractivity contribution in [2.45, 2.75) is 13.0 Å². The van der Waals surface area contributed by atoms with Crippen molar-refractivity contribution in [1.29, 1.82) is 0 Å². The van der Waals surface area contributed by atoms with Crippen LogP contribution in [0.15, 0.2) is 24.4 Å². The first-order valence-electron chi connectivity index (χ1n) is 9.58. The quantitative estimate of drug-likeness (QED) is 0.492. The predicted octanol–water partition coefficient (Wildman–Crippen LogP) is 3.32. The van der Waals surface area contributed by atoms with E-state index in [9.17, 15) is 9.59 Å². The first-order chi connectivity index (χ1) is 14.6. The number of hydrogen-bond acceptors (Lipinski definition) is 4. The molecule has 2 fully saturated rings. The van der Waals surface area contributed by atoms with E-state index in [1.165, 1.54) is 4.90 Å². The van der Waals surface area contributed by atoms with E-state index in [0.717, 1.165) is 11.6 Å². The van der Waals surface area contributed by atoms with E-state index in [1.54, 1.807) is 22.9 Å². The zero-order valence-electron chi connectivity index (χ0n) is 16.5. The number of carbonyl (C=O) groups is 2. The van der Waals surface area contributed by atoms with Crippen LogP contribution in [-0.4, -0.2) is 33.2 Å². The standard InChI is InChI=1S/C18H14ClN4O2.C5H5.Fe/c19-13-6-7-16-14(10-13)17(24)18(25)23(16)9-3-8-22-11-15(20-21-22)12-4-1-2-5-12;1-2-4-5-3-1;/h1-2,4-7,10-11H,3,8-9H2;1-5H;/q;;+2. The summed E-state index contributed by atoms with van der Waals surface area (Å²) in [5.41, 5.74) is 1.81. The number of Topliss-reactive ketones (excluding diaryl/α,β-unsaturated/α-hetero) is 1. The average Bonchev–Trinajstić information content (AvgIpc) is 3.54. The molecular formula is C23H19ClFeN4O2+2. The van der Waals surface area contributed by atoms with E-state index in [0.29, 0.717) is 35.8 Å². The summed E-state index contributed by atoms with van der Waals surface area (Å²) in [5, 5.41) is 8.70. The van der Waals surface area contributed by atoms with Crippen LogP contribution >= 0.6 is 11.6 Å². The molecule has 8 heteroatoms. The van der Waals surface area contributed by atoms with Gasteiger partial charge in [0, 0.05) is 30.2 Å². The molecule has 2 aromatic rings. The smallest absolute Gasteiger partial charge is 0.305 e. The third-order valence-corrected chi connectivity index (χ3v) is 4.99. The fourth-order valence-electron chi connectivity index (χ4n) is 3.29. The summed E-state index contributed by atoms with van der Waals surface area (Å²) in [7, 11) is 0. The maximum atomic E-state index is 12.2. The van der Waals surface area contributed by atoms with Crippen molar-refractivity contribution in [1.82, 2.24) is 15.0 Å². The number of rotatable bonds is 5. The fourth-order valence-corrected chi connectivity index (χ4v) is 3.46. The first kappa shape index (κ1) is 24.0. The second-order valence-electron chi connectivity index (χ2n) is 6.80. The number of benzene rings is 1. The molecule has 0 atom stereocenters. The number of fused-ring (bicyclic) bond motifs is 1. The summed E-state index contributed by atoms with van der Waals surface area (Å²) < 4.78 is 1.74. The van der Waals surface area contributed by atoms with Crippen LogP contribution in [-0.2, 0) is 28.4 Å². The van der Waals surface area contributed by atoms with Gasteiger partial charge in [0.15, 0.2) is 0 Å². The third kappa shape index (κ3) is 5.76. The molecule has 5 rings (SSSR count). The average molecular weight is 475 g/mol. The van der Waals surface area contributed by atoms with Gasteiger partial charge in [-0.05, 0) is 82.4 Å². The summed E-state index contributed by atoms with van der Waals surface area (Å²) in [6.07, 6.45) is 20.4. The van der Waals surface area contributed by atoms with Gasteiger partial charge in [-0.15, -0.1) is 5.10 Å². The minimum atomic E-state index is -0.506. The molecule has 156 valence electrons. The first-order valence-corrected chi connectivity index (χ1v) is 9.96. The molecule has 3 aliphatic rings. The molecule has 10 radical (unpaired) electrons. The zero-order valence-corrected chi connectivity index (χ0v) is 18.3. The Labute approximate surface area is 199 Å². The molecule has 6 nitrogen and oxygen atoms in total. The van der Waals surface area contributed by atoms with Gasteiger partial charge >= 0.3 is 17.1 Å². The summed E-state index contributed by atoms with van der Waals surface area (Å²) >= 11 is 5.91. The Kier molecular flexibility index (Phi) is 8.70. The summed E-state index contributed by atoms with van der Waals surface area (Å²) in [6, 6.07) is 4.94. The molecule has 1 aromatic carbocycles. The number of anilines is 1. The van der Waals surface area contributed by atoms with Gasteiger partial charge in [-0.3, -0.25) is 14.3 Å². The van der Waals surface area contributed by atoms with Crippen LogP contribution in [0.1, 0.15) is 22.5 Å². The monoisotopic (exact) mass is 474 g/mol. The van der Waals surface area contributed by atoms with Crippen molar-refractivity contribution < 1.29 is 26.7 Å². The van der Waals surface area contributed by atoms with Crippen LogP contribution in [0, 0.1) is 63.7 Å². The van der Waals surface area contributed by atoms with Crippen molar-refractivity contribution in [3.05, 3.63) is 104 Å². The van der Waals surface area contributed by atoms with Gasteiger partial charge in [0.05, 0.1) is 16.9 Å². The summed E-state index contributed by atoms with van der Waals surface area (Å²) in [6.45, 7) is 1.04. The van der Waals surface area contributed by atoms with E-state index in [-0.39, 0.29) is 17.1 Å². The normalized spacial score (nSPS) is 18.0. The van der Waals surface area contributed by atoms with Gasteiger partial charge < -0.3 is 4.90 Å². The maximum Gasteiger partial charge on any atom is 2.00 e. The van der Waals surface area contributed by atoms with Crippen molar-refractivity contribution in [3.8, 4) is 0 Å². The number of ketones is 1. The van der Waals surface area contributed by atoms with Gasteiger partial charge in [0.25, 0.3) is 11.7 Å². The Morgan fingerprint density at radius 2 is 1.58 bits per heavy atom. The number of hydrogen-bond donors (Lipinski definition) is 0. The van der Waals surface area contributed by atoms with Crippen LogP contribution in [0.2, 0.25) is 5.02 Å². The van der Waals surface area contributed by atoms with Crippen LogP contribution in [0.4, 0.5) is 5.69 Å². The largest absolute Gasteiger partial charge is 2.00 e. The number of nitrogens with zero attached hydrogens (tertiary/aromatic N) is 4. The zero-order chi connectivity index (χ0) is 20.9. The maximum absolute atomic E-state index is 12.2. The van der Waals surface area contributed by atoms with Gasteiger partial charge in [-0.2, -0.15) is 0 Å². The SMILES string of the molecule is O=C1C(=O)N(CCCn2cc([C]3[CH][CH][CH][CH]3)nn2)c2ccc(Cl)cc21.[CH]1[CH][CH][CH][CH]1.[Fe+2]. The second-order valence-corrected chi connectivity index (χ2v) is 7.24. The third-order valence-electron chi connectivity index (χ3n) is 4.75. The van der Waals surface area contributed by atoms with Crippen LogP contribution in [0.5, 0.6) is 0 Å². The van der Waals surface area contributed by atoms with Gasteiger partial charge in [-0.25, -0.2) is 0 Å². The van der Waals surface area contributed by atoms with Crippen molar-refractivity contribution in [2.24, 2.45) is 0 Å². The van der Waals surface area contributed by atoms with E-state index >= 15 is 0 Å². The molecular weight excluding hydrogens is 456 g/mol. The minimum absolute atomic E-state index is 0. The number of amides is 1. The molecule has 0 unspecified atom stereocenters. The van der Waals surface area contributed by atoms with Crippen LogP contribution < -0.4 is 4.90 Å². The second kappa shape index (κ2) is 11.3. The van der Waals surface area contributed by atoms with E-state index in [2.05, 4.69) is 10.3 Å². The van der Waals surface area contributed by atoms with Crippen molar-refractivity contribution >= 4 is 29.0 Å². The molecule has 0 bridgehead atoms. The molecule has 0 N–H and O–H groups in total. The van der Waals surface area contributed by atoms with Gasteiger partial charge in [-0.1, -0.05) is 16.8 Å². The van der Waals surface area contributed by atoms with Gasteiger partial charge in [0.2, 0.25) is 0 Å². The Morgan fingerprint density at radius 1 is 0.903 bits per heavy atom. The fraction of sp³-hybridized carbons (Fsp3) is 0.130. The molecule has 2 aliphatic carbocycles. The summed E-state index contributed by atoms with van der Waals surface area (Å²) in [4.78, 5) is 25.7. The molecule has 1 amide bonds. The van der Waals surface area contributed by atoms with Crippen molar-refractivity contribution in [3.63, 3.8) is 0 Å². The van der Waals surface area contributed by atoms with Crippen LogP contribution in [0.25, 0.3) is 0 Å². The molecule has 0 saturated heterocycles. The van der Waals surface area contributed by atoms with Crippen LogP contribution in [0.3, 0.4) is 0 Å². The Hall–Kier alpha value is -1.69. The molecule has 31 heavy (non-hydrogen) atoms. The topological polar surface area (TPSA) is 68.1 Å². The number of carbonyl (C=O) groups excluding carboxylic acids is 2. The Bertz CT molecular complexity index is 899.